The van der Waals surface area contributed by atoms with Gasteiger partial charge in [-0.05, 0) is 75.6 Å². The Balaban J connectivity index is -0.000000960. The molecule has 0 atom stereocenters. The van der Waals surface area contributed by atoms with Crippen LogP contribution in [0.5, 0.6) is 0 Å². The van der Waals surface area contributed by atoms with Gasteiger partial charge in [0.25, 0.3) is 0 Å². The molecule has 2 aliphatic rings. The molecule has 2 aromatic rings. The quantitative estimate of drug-likeness (QED) is 0.0759. The van der Waals surface area contributed by atoms with E-state index >= 15 is 0 Å². The van der Waals surface area contributed by atoms with Gasteiger partial charge in [-0.2, -0.15) is 4.58 Å². The second kappa shape index (κ2) is 28.8. The van der Waals surface area contributed by atoms with E-state index in [-0.39, 0.29) is 290 Å². The fourth-order valence-corrected chi connectivity index (χ4v) is 7.28. The largest absolute Gasteiger partial charge is 1.00 e. The van der Waals surface area contributed by atoms with E-state index in [0.29, 0.717) is 25.9 Å². The van der Waals surface area contributed by atoms with E-state index in [1.807, 2.05) is 65.0 Å². The number of likely N-dealkylation sites (N-methyl/N-ethyl adjacent to an activating group) is 1. The fraction of sp³-hybridized carbons (Fsp3) is 0.382. The molecular weight excluding hydrogens is 1150 g/mol. The molecule has 0 aromatic heterocycles. The number of aliphatic carboxylic acids is 1. The van der Waals surface area contributed by atoms with Gasteiger partial charge in [0, 0.05) is 217 Å². The summed E-state index contributed by atoms with van der Waals surface area (Å²) in [4.78, 5) is 12.5. The molecule has 10 nitrogen and oxygen atoms in total. The van der Waals surface area contributed by atoms with Gasteiger partial charge in [-0.1, -0.05) is 32.1 Å². The molecule has 265 valence electrons. The van der Waals surface area contributed by atoms with Gasteiger partial charge in [0.05, 0.1) is 15.2 Å². The number of hydrogen-bond donors (Lipinski definition) is 1. The number of anilines is 1. The van der Waals surface area contributed by atoms with Crippen molar-refractivity contribution in [2.24, 2.45) is 0 Å². The number of carboxylic acid groups (broad SMARTS) is 1. The number of carboxylic acids is 1. The molecule has 0 bridgehead atoms. The van der Waals surface area contributed by atoms with Gasteiger partial charge in [-0.15, -0.1) is 0 Å². The Hall–Kier alpha value is 5.21. The molecule has 2 aromatic carbocycles. The van der Waals surface area contributed by atoms with E-state index < -0.39 is 37.0 Å². The molecule has 0 spiro atoms. The average molecular weight is 1190 g/mol. The number of allylic oxidation sites excluding steroid dienone is 6. The van der Waals surface area contributed by atoms with E-state index in [2.05, 4.69) is 9.48 Å². The van der Waals surface area contributed by atoms with Crippen LogP contribution in [0, 0.1) is 7.43 Å². The fourth-order valence-electron chi connectivity index (χ4n) is 6.28. The van der Waals surface area contributed by atoms with E-state index in [0.717, 1.165) is 40.3 Å². The summed E-state index contributed by atoms with van der Waals surface area (Å²) in [5.74, 6) is -0.835. The van der Waals surface area contributed by atoms with Gasteiger partial charge in [0.1, 0.15) is 26.8 Å². The van der Waals surface area contributed by atoms with E-state index in [4.69, 9.17) is 5.11 Å². The van der Waals surface area contributed by atoms with Gasteiger partial charge < -0.3 is 26.5 Å². The van der Waals surface area contributed by atoms with E-state index in [1.54, 1.807) is 12.1 Å². The van der Waals surface area contributed by atoms with Crippen molar-refractivity contribution in [2.45, 2.75) is 80.9 Å². The summed E-state index contributed by atoms with van der Waals surface area (Å²) in [5, 5.41) is 8.97. The van der Waals surface area contributed by atoms with Crippen LogP contribution in [0.3, 0.4) is 0 Å². The van der Waals surface area contributed by atoms with Crippen molar-refractivity contribution in [2.75, 3.05) is 18.0 Å². The number of benzene rings is 2. The standard InChI is InChI=1S/C33H40N2O8S2.CH3.2K.5Y/c1-6-34-27-18-16-23(44(38,39)40)21-25(27)32(2,3)29(34)13-9-7-10-14-30-33(4,5)26-22-24(45(41,42)43)17-19-28(26)35(30)20-12-8-11-15-31(36)37;;;;;;;;/h7,9-10,13-14,16-19,21-22H,6,8,11-12,15,20H2,1-5H3,(H2-,36,37,38,39,40,41,42,43);1H3;;;;;;;/q;-1;2*+1;;;;;/p-1. The predicted octanol–water partition coefficient (Wildman–Crippen LogP) is -0.224. The SMILES string of the molecule is CCN1/C(=C/C=C/C=C/C2=[N+](CCCCCC(=O)O)c3ccc(S(=O)(=O)[O-])cc3C2(C)C)C(C)(C)c2cc(S(=O)(=O)[O-])ccc21.[CH3-].[K+].[K+].[Y].[Y].[Y].[Y].[Y]. The maximum Gasteiger partial charge on any atom is 1.00 e. The summed E-state index contributed by atoms with van der Waals surface area (Å²) in [6.07, 6.45) is 11.7. The van der Waals surface area contributed by atoms with Crippen molar-refractivity contribution in [3.05, 3.63) is 91.0 Å². The molecule has 0 saturated heterocycles. The van der Waals surface area contributed by atoms with Gasteiger partial charge in [-0.25, -0.2) is 16.8 Å². The Bertz CT molecular complexity index is 1890. The minimum Gasteiger partial charge on any atom is -0.744 e. The van der Waals surface area contributed by atoms with Crippen molar-refractivity contribution in [3.63, 3.8) is 0 Å². The van der Waals surface area contributed by atoms with Crippen molar-refractivity contribution in [1.82, 2.24) is 0 Å². The van der Waals surface area contributed by atoms with Gasteiger partial charge in [0.2, 0.25) is 5.69 Å². The van der Waals surface area contributed by atoms with Crippen molar-refractivity contribution >= 4 is 43.3 Å². The zero-order chi connectivity index (χ0) is 33.4. The van der Waals surface area contributed by atoms with Crippen LogP contribution in [-0.4, -0.2) is 60.4 Å². The number of rotatable bonds is 12. The molecule has 19 heteroatoms. The molecule has 0 amide bonds. The molecule has 0 unspecified atom stereocenters. The normalized spacial score (nSPS) is 15.6. The molecule has 1 N–H and O–H groups in total. The summed E-state index contributed by atoms with van der Waals surface area (Å²) in [5.41, 5.74) is 3.82. The molecule has 53 heavy (non-hydrogen) atoms. The van der Waals surface area contributed by atoms with Crippen LogP contribution in [0.1, 0.15) is 71.4 Å². The molecule has 0 saturated carbocycles. The third-order valence-electron chi connectivity index (χ3n) is 8.62. The van der Waals surface area contributed by atoms with Gasteiger partial charge >= 0.3 is 109 Å². The third kappa shape index (κ3) is 17.0. The minimum absolute atomic E-state index is 0. The Labute approximate surface area is 527 Å². The second-order valence-corrected chi connectivity index (χ2v) is 15.1. The zero-order valence-electron chi connectivity index (χ0n) is 32.0. The maximum absolute atomic E-state index is 11.8. The first-order valence-corrected chi connectivity index (χ1v) is 17.6. The van der Waals surface area contributed by atoms with Crippen LogP contribution >= 0.6 is 0 Å². The molecular formula is C34H42K2N2O8S2Y5. The first-order valence-electron chi connectivity index (χ1n) is 14.8. The summed E-state index contributed by atoms with van der Waals surface area (Å²) >= 11 is 0. The van der Waals surface area contributed by atoms with E-state index in [1.165, 1.54) is 24.3 Å². The number of fused-ring (bicyclic) bond motifs is 2. The average Bonchev–Trinajstić information content (AvgIpc) is 3.29. The number of nitrogens with zero attached hydrogens (tertiary/aromatic N) is 2. The van der Waals surface area contributed by atoms with Gasteiger partial charge in [-0.3, -0.25) is 4.79 Å². The molecule has 5 radical (unpaired) electrons. The van der Waals surface area contributed by atoms with Crippen LogP contribution in [0.25, 0.3) is 0 Å². The summed E-state index contributed by atoms with van der Waals surface area (Å²) < 4.78 is 72.5. The zero-order valence-corrected chi connectivity index (χ0v) is 54.1. The second-order valence-electron chi connectivity index (χ2n) is 12.3. The Morgan fingerprint density at radius 2 is 1.32 bits per heavy atom. The van der Waals surface area contributed by atoms with Crippen molar-refractivity contribution in [1.29, 1.82) is 0 Å². The van der Waals surface area contributed by atoms with Gasteiger partial charge in [0.15, 0.2) is 5.71 Å². The summed E-state index contributed by atoms with van der Waals surface area (Å²) in [7, 11) is -9.23. The predicted molar refractivity (Wildman–Crippen MR) is 177 cm³/mol. The Kier molecular flexibility index (Phi) is 36.6. The number of hydrogen-bond acceptors (Lipinski definition) is 8. The smallest absolute Gasteiger partial charge is 0.744 e. The maximum atomic E-state index is 11.8. The van der Waals surface area contributed by atoms with E-state index in [9.17, 15) is 30.7 Å². The first kappa shape index (κ1) is 67.3. The van der Waals surface area contributed by atoms with Crippen molar-refractivity contribution in [3.8, 4) is 0 Å². The Morgan fingerprint density at radius 1 is 0.792 bits per heavy atom. The third-order valence-corrected chi connectivity index (χ3v) is 10.3. The molecule has 4 rings (SSSR count). The van der Waals surface area contributed by atoms with Crippen LogP contribution in [0.4, 0.5) is 11.4 Å². The monoisotopic (exact) mass is 1190 g/mol. The topological polar surface area (TPSA) is 158 Å². The van der Waals surface area contributed by atoms with Crippen molar-refractivity contribution < 1.29 is 307 Å². The Morgan fingerprint density at radius 3 is 1.83 bits per heavy atom. The van der Waals surface area contributed by atoms with Crippen LogP contribution in [0.2, 0.25) is 0 Å². The summed E-state index contributed by atoms with van der Waals surface area (Å²) in [6.45, 7) is 11.1. The number of carbonyl (C=O) groups is 1. The molecule has 0 fully saturated rings. The summed E-state index contributed by atoms with van der Waals surface area (Å²) in [6, 6.07) is 8.89. The first-order chi connectivity index (χ1) is 20.9. The molecule has 2 aliphatic heterocycles. The van der Waals surface area contributed by atoms with Crippen LogP contribution < -0.4 is 108 Å². The van der Waals surface area contributed by atoms with Crippen LogP contribution in [-0.2, 0) is 199 Å². The van der Waals surface area contributed by atoms with Crippen LogP contribution in [0.15, 0.2) is 82.3 Å². The number of unbranched alkanes of at least 4 members (excludes halogenated alkanes) is 2. The molecule has 2 heterocycles. The molecule has 0 aliphatic carbocycles. The minimum atomic E-state index is -4.64.